The Hall–Kier alpha value is -2.23. The van der Waals surface area contributed by atoms with Crippen molar-refractivity contribution in [2.75, 3.05) is 0 Å². The number of aromatic carboxylic acids is 1. The van der Waals surface area contributed by atoms with Crippen molar-refractivity contribution in [3.05, 3.63) is 47.8 Å². The van der Waals surface area contributed by atoms with Crippen LogP contribution in [0.5, 0.6) is 0 Å². The van der Waals surface area contributed by atoms with E-state index in [-0.39, 0.29) is 5.56 Å². The van der Waals surface area contributed by atoms with Crippen LogP contribution < -0.4 is 0 Å². The van der Waals surface area contributed by atoms with Crippen LogP contribution in [-0.4, -0.2) is 21.0 Å². The van der Waals surface area contributed by atoms with Crippen molar-refractivity contribution in [3.8, 4) is 11.4 Å². The van der Waals surface area contributed by atoms with Crippen molar-refractivity contribution in [3.63, 3.8) is 0 Å². The SMILES string of the molecule is CCCCCCCCCCCCc1ccnc(-c2cc(C(=O)O)ccn2)c1. The third kappa shape index (κ3) is 7.90. The molecule has 2 heterocycles. The molecule has 4 heteroatoms. The van der Waals surface area contributed by atoms with Crippen LogP contribution in [0.3, 0.4) is 0 Å². The topological polar surface area (TPSA) is 63.1 Å². The lowest BCUT2D eigenvalue weighted by Gasteiger charge is -2.06. The zero-order chi connectivity index (χ0) is 19.3. The Morgan fingerprint density at radius 2 is 1.37 bits per heavy atom. The van der Waals surface area contributed by atoms with Gasteiger partial charge in [0, 0.05) is 12.4 Å². The van der Waals surface area contributed by atoms with Gasteiger partial charge in [-0.3, -0.25) is 9.97 Å². The molecule has 0 bridgehead atoms. The Labute approximate surface area is 163 Å². The summed E-state index contributed by atoms with van der Waals surface area (Å²) in [7, 11) is 0. The number of nitrogens with zero attached hydrogens (tertiary/aromatic N) is 2. The summed E-state index contributed by atoms with van der Waals surface area (Å²) in [5, 5.41) is 9.12. The molecule has 1 N–H and O–H groups in total. The van der Waals surface area contributed by atoms with Crippen LogP contribution >= 0.6 is 0 Å². The number of hydrogen-bond donors (Lipinski definition) is 1. The van der Waals surface area contributed by atoms with Crippen LogP contribution in [0.4, 0.5) is 0 Å². The molecule has 0 radical (unpaired) electrons. The van der Waals surface area contributed by atoms with Crippen LogP contribution in [0, 0.1) is 0 Å². The number of carboxylic acid groups (broad SMARTS) is 1. The molecule has 0 fully saturated rings. The predicted molar refractivity (Wildman–Crippen MR) is 110 cm³/mol. The summed E-state index contributed by atoms with van der Waals surface area (Å²) in [6.45, 7) is 2.26. The Kier molecular flexibility index (Phi) is 9.53. The average Bonchev–Trinajstić information content (AvgIpc) is 2.70. The minimum Gasteiger partial charge on any atom is -0.478 e. The second-order valence-corrected chi connectivity index (χ2v) is 7.22. The number of aromatic nitrogens is 2. The monoisotopic (exact) mass is 368 g/mol. The highest BCUT2D eigenvalue weighted by molar-refractivity contribution is 5.88. The molecule has 0 saturated carbocycles. The van der Waals surface area contributed by atoms with Crippen LogP contribution in [0.2, 0.25) is 0 Å². The number of rotatable bonds is 13. The van der Waals surface area contributed by atoms with Crippen molar-refractivity contribution < 1.29 is 9.90 Å². The lowest BCUT2D eigenvalue weighted by Crippen LogP contribution is -1.98. The standard InChI is InChI=1S/C23H32N2O2/c1-2-3-4-5-6-7-8-9-10-11-12-19-13-15-24-21(17-19)22-18-20(23(26)27)14-16-25-22/h13-18H,2-12H2,1H3,(H,26,27). The number of carbonyl (C=O) groups is 1. The van der Waals surface area contributed by atoms with Crippen LogP contribution in [0.25, 0.3) is 11.4 Å². The van der Waals surface area contributed by atoms with Crippen molar-refractivity contribution in [1.29, 1.82) is 0 Å². The number of unbranched alkanes of at least 4 members (excludes halogenated alkanes) is 9. The molecular formula is C23H32N2O2. The molecular weight excluding hydrogens is 336 g/mol. The van der Waals surface area contributed by atoms with Crippen molar-refractivity contribution in [1.82, 2.24) is 9.97 Å². The number of pyridine rings is 2. The largest absolute Gasteiger partial charge is 0.478 e. The number of aryl methyl sites for hydroxylation is 1. The normalized spacial score (nSPS) is 10.9. The maximum absolute atomic E-state index is 11.1. The van der Waals surface area contributed by atoms with Gasteiger partial charge in [-0.1, -0.05) is 64.7 Å². The van der Waals surface area contributed by atoms with Gasteiger partial charge >= 0.3 is 5.97 Å². The predicted octanol–water partition coefficient (Wildman–Crippen LogP) is 6.31. The van der Waals surface area contributed by atoms with Gasteiger partial charge in [-0.2, -0.15) is 0 Å². The fourth-order valence-electron chi connectivity index (χ4n) is 3.29. The molecule has 2 aromatic heterocycles. The van der Waals surface area contributed by atoms with Crippen LogP contribution in [0.1, 0.15) is 87.1 Å². The van der Waals surface area contributed by atoms with E-state index < -0.39 is 5.97 Å². The summed E-state index contributed by atoms with van der Waals surface area (Å²) >= 11 is 0. The van der Waals surface area contributed by atoms with E-state index in [1.54, 1.807) is 12.3 Å². The first-order valence-corrected chi connectivity index (χ1v) is 10.4. The van der Waals surface area contributed by atoms with E-state index in [9.17, 15) is 4.79 Å². The van der Waals surface area contributed by atoms with Gasteiger partial charge in [-0.05, 0) is 42.7 Å². The number of carboxylic acids is 1. The first-order valence-electron chi connectivity index (χ1n) is 10.4. The molecule has 0 aliphatic heterocycles. The maximum Gasteiger partial charge on any atom is 0.335 e. The van der Waals surface area contributed by atoms with Gasteiger partial charge in [-0.25, -0.2) is 4.79 Å². The first-order chi connectivity index (χ1) is 13.2. The van der Waals surface area contributed by atoms with E-state index in [0.29, 0.717) is 5.69 Å². The fourth-order valence-corrected chi connectivity index (χ4v) is 3.29. The highest BCUT2D eigenvalue weighted by atomic mass is 16.4. The fraction of sp³-hybridized carbons (Fsp3) is 0.522. The van der Waals surface area contributed by atoms with Gasteiger partial charge in [0.05, 0.1) is 17.0 Å². The van der Waals surface area contributed by atoms with Gasteiger partial charge in [0.15, 0.2) is 0 Å². The van der Waals surface area contributed by atoms with E-state index in [1.807, 2.05) is 12.1 Å². The molecule has 0 saturated heterocycles. The van der Waals surface area contributed by atoms with E-state index in [1.165, 1.54) is 82.0 Å². The van der Waals surface area contributed by atoms with Gasteiger partial charge < -0.3 is 5.11 Å². The first kappa shape index (κ1) is 21.1. The van der Waals surface area contributed by atoms with Crippen LogP contribution in [0.15, 0.2) is 36.7 Å². The van der Waals surface area contributed by atoms with Gasteiger partial charge in [-0.15, -0.1) is 0 Å². The summed E-state index contributed by atoms with van der Waals surface area (Å²) in [5.41, 5.74) is 2.83. The molecule has 146 valence electrons. The van der Waals surface area contributed by atoms with E-state index in [2.05, 4.69) is 16.9 Å². The molecule has 0 unspecified atom stereocenters. The quantitative estimate of drug-likeness (QED) is 0.421. The van der Waals surface area contributed by atoms with Crippen molar-refractivity contribution >= 4 is 5.97 Å². The minimum atomic E-state index is -0.944. The lowest BCUT2D eigenvalue weighted by molar-refractivity contribution is 0.0697. The maximum atomic E-state index is 11.1. The Morgan fingerprint density at radius 1 is 0.815 bits per heavy atom. The second kappa shape index (κ2) is 12.2. The summed E-state index contributed by atoms with van der Waals surface area (Å²) < 4.78 is 0. The zero-order valence-corrected chi connectivity index (χ0v) is 16.5. The Balaban J connectivity index is 1.72. The molecule has 0 amide bonds. The third-order valence-corrected chi connectivity index (χ3v) is 4.91. The molecule has 2 rings (SSSR count). The third-order valence-electron chi connectivity index (χ3n) is 4.91. The molecule has 0 aliphatic rings. The highest BCUT2D eigenvalue weighted by Crippen LogP contribution is 2.18. The van der Waals surface area contributed by atoms with Crippen molar-refractivity contribution in [2.24, 2.45) is 0 Å². The summed E-state index contributed by atoms with van der Waals surface area (Å²) in [4.78, 5) is 19.7. The molecule has 27 heavy (non-hydrogen) atoms. The summed E-state index contributed by atoms with van der Waals surface area (Å²) in [6, 6.07) is 7.15. The van der Waals surface area contributed by atoms with E-state index in [0.717, 1.165) is 12.1 Å². The van der Waals surface area contributed by atoms with Gasteiger partial charge in [0.2, 0.25) is 0 Å². The van der Waals surface area contributed by atoms with Gasteiger partial charge in [0.1, 0.15) is 0 Å². The molecule has 2 aromatic rings. The van der Waals surface area contributed by atoms with E-state index >= 15 is 0 Å². The number of hydrogen-bond acceptors (Lipinski definition) is 3. The van der Waals surface area contributed by atoms with Crippen LogP contribution in [-0.2, 0) is 6.42 Å². The highest BCUT2D eigenvalue weighted by Gasteiger charge is 2.07. The summed E-state index contributed by atoms with van der Waals surface area (Å²) in [6.07, 6.45) is 17.7. The zero-order valence-electron chi connectivity index (χ0n) is 16.5. The lowest BCUT2D eigenvalue weighted by atomic mass is 10.0. The molecule has 4 nitrogen and oxygen atoms in total. The van der Waals surface area contributed by atoms with Gasteiger partial charge in [0.25, 0.3) is 0 Å². The molecule has 0 aromatic carbocycles. The Morgan fingerprint density at radius 3 is 2.00 bits per heavy atom. The Bertz CT molecular complexity index is 700. The molecule has 0 spiro atoms. The summed E-state index contributed by atoms with van der Waals surface area (Å²) in [5.74, 6) is -0.944. The second-order valence-electron chi connectivity index (χ2n) is 7.22. The van der Waals surface area contributed by atoms with Crippen molar-refractivity contribution in [2.45, 2.75) is 77.6 Å². The molecule has 0 aliphatic carbocycles. The van der Waals surface area contributed by atoms with E-state index in [4.69, 9.17) is 5.11 Å². The average molecular weight is 369 g/mol. The smallest absolute Gasteiger partial charge is 0.335 e. The molecule has 0 atom stereocenters. The minimum absolute atomic E-state index is 0.238.